The van der Waals surface area contributed by atoms with Crippen molar-refractivity contribution < 1.29 is 22.7 Å². The van der Waals surface area contributed by atoms with Crippen LogP contribution >= 0.6 is 0 Å². The molecular weight excluding hydrogens is 299 g/mol. The van der Waals surface area contributed by atoms with Crippen LogP contribution in [0.3, 0.4) is 0 Å². The molecule has 1 aliphatic rings. The minimum atomic E-state index is -3.92. The molecule has 1 heterocycles. The number of nitrogens with two attached hydrogens (primary N) is 1. The van der Waals surface area contributed by atoms with E-state index in [2.05, 4.69) is 0 Å². The Kier molecular flexibility index (Phi) is 4.48. The van der Waals surface area contributed by atoms with Crippen molar-refractivity contribution in [3.63, 3.8) is 0 Å². The second-order valence-electron chi connectivity index (χ2n) is 5.19. The molecule has 0 bridgehead atoms. The number of sulfonamides is 1. The van der Waals surface area contributed by atoms with Crippen molar-refractivity contribution in [3.8, 4) is 0 Å². The summed E-state index contributed by atoms with van der Waals surface area (Å²) in [4.78, 5) is 12.2. The monoisotopic (exact) mass is 316 g/mol. The maximum absolute atomic E-state index is 14.0. The van der Waals surface area contributed by atoms with Gasteiger partial charge in [0.05, 0.1) is 10.6 Å². The number of halogens is 1. The summed E-state index contributed by atoms with van der Waals surface area (Å²) >= 11 is 0. The fourth-order valence-electron chi connectivity index (χ4n) is 2.55. The lowest BCUT2D eigenvalue weighted by Crippen LogP contribution is -2.35. The SMILES string of the molecule is NS(=O)(=O)c1ccc(N2CCC(CC(=O)O)CC2)c(F)c1. The van der Waals surface area contributed by atoms with Gasteiger partial charge in [0.25, 0.3) is 0 Å². The quantitative estimate of drug-likeness (QED) is 0.868. The van der Waals surface area contributed by atoms with Gasteiger partial charge in [-0.2, -0.15) is 0 Å². The predicted molar refractivity (Wildman–Crippen MR) is 75.0 cm³/mol. The van der Waals surface area contributed by atoms with Crippen LogP contribution in [0.15, 0.2) is 23.1 Å². The predicted octanol–water partition coefficient (Wildman–Crippen LogP) is 1.16. The minimum Gasteiger partial charge on any atom is -0.481 e. The number of piperidine rings is 1. The Labute approximate surface area is 122 Å². The van der Waals surface area contributed by atoms with E-state index >= 15 is 0 Å². The van der Waals surface area contributed by atoms with Gasteiger partial charge in [0, 0.05) is 19.5 Å². The van der Waals surface area contributed by atoms with E-state index in [1.807, 2.05) is 0 Å². The minimum absolute atomic E-state index is 0.102. The van der Waals surface area contributed by atoms with Crippen LogP contribution in [-0.4, -0.2) is 32.6 Å². The van der Waals surface area contributed by atoms with E-state index in [4.69, 9.17) is 10.2 Å². The average Bonchev–Trinajstić information content (AvgIpc) is 2.38. The Bertz CT molecular complexity index is 640. The van der Waals surface area contributed by atoms with Gasteiger partial charge in [-0.15, -0.1) is 0 Å². The molecule has 1 aromatic carbocycles. The summed E-state index contributed by atoms with van der Waals surface area (Å²) in [5.74, 6) is -1.36. The van der Waals surface area contributed by atoms with Gasteiger partial charge in [-0.1, -0.05) is 0 Å². The molecule has 21 heavy (non-hydrogen) atoms. The third-order valence-electron chi connectivity index (χ3n) is 3.67. The van der Waals surface area contributed by atoms with Crippen molar-refractivity contribution in [2.24, 2.45) is 11.1 Å². The Hall–Kier alpha value is -1.67. The van der Waals surface area contributed by atoms with Gasteiger partial charge >= 0.3 is 5.97 Å². The zero-order chi connectivity index (χ0) is 15.6. The van der Waals surface area contributed by atoms with Gasteiger partial charge in [-0.25, -0.2) is 17.9 Å². The molecule has 0 aromatic heterocycles. The van der Waals surface area contributed by atoms with Crippen LogP contribution in [-0.2, 0) is 14.8 Å². The summed E-state index contributed by atoms with van der Waals surface area (Å²) in [7, 11) is -3.92. The number of carboxylic acid groups (broad SMARTS) is 1. The van der Waals surface area contributed by atoms with Crippen molar-refractivity contribution in [3.05, 3.63) is 24.0 Å². The molecule has 1 aliphatic heterocycles. The molecule has 0 radical (unpaired) electrons. The van der Waals surface area contributed by atoms with Gasteiger partial charge in [0.1, 0.15) is 5.82 Å². The van der Waals surface area contributed by atoms with Crippen molar-refractivity contribution in [2.75, 3.05) is 18.0 Å². The molecule has 0 atom stereocenters. The second kappa shape index (κ2) is 5.98. The summed E-state index contributed by atoms with van der Waals surface area (Å²) in [6.07, 6.45) is 1.46. The molecule has 1 saturated heterocycles. The molecule has 0 spiro atoms. The number of carboxylic acids is 1. The highest BCUT2D eigenvalue weighted by Gasteiger charge is 2.23. The molecule has 116 valence electrons. The van der Waals surface area contributed by atoms with Crippen LogP contribution in [0.2, 0.25) is 0 Å². The Balaban J connectivity index is 2.09. The lowest BCUT2D eigenvalue weighted by atomic mass is 9.93. The maximum Gasteiger partial charge on any atom is 0.303 e. The molecular formula is C13H17FN2O4S. The number of carbonyl (C=O) groups is 1. The van der Waals surface area contributed by atoms with Gasteiger partial charge < -0.3 is 10.0 Å². The zero-order valence-corrected chi connectivity index (χ0v) is 12.1. The molecule has 2 rings (SSSR count). The average molecular weight is 316 g/mol. The molecule has 0 saturated carbocycles. The topological polar surface area (TPSA) is 101 Å². The maximum atomic E-state index is 14.0. The van der Waals surface area contributed by atoms with Crippen LogP contribution in [0, 0.1) is 11.7 Å². The van der Waals surface area contributed by atoms with Crippen molar-refractivity contribution in [1.29, 1.82) is 0 Å². The largest absolute Gasteiger partial charge is 0.481 e. The van der Waals surface area contributed by atoms with Gasteiger partial charge in [-0.3, -0.25) is 4.79 Å². The van der Waals surface area contributed by atoms with E-state index < -0.39 is 21.8 Å². The fraction of sp³-hybridized carbons (Fsp3) is 0.462. The molecule has 0 aliphatic carbocycles. The molecule has 1 aromatic rings. The van der Waals surface area contributed by atoms with Crippen LogP contribution in [0.1, 0.15) is 19.3 Å². The Morgan fingerprint density at radius 3 is 2.48 bits per heavy atom. The van der Waals surface area contributed by atoms with Gasteiger partial charge in [0.2, 0.25) is 10.0 Å². The van der Waals surface area contributed by atoms with Crippen LogP contribution in [0.25, 0.3) is 0 Å². The lowest BCUT2D eigenvalue weighted by Gasteiger charge is -2.33. The number of primary sulfonamides is 1. The summed E-state index contributed by atoms with van der Waals surface area (Å²) in [5, 5.41) is 13.7. The fourth-order valence-corrected chi connectivity index (χ4v) is 3.07. The van der Waals surface area contributed by atoms with Crippen LogP contribution in [0.5, 0.6) is 0 Å². The van der Waals surface area contributed by atoms with E-state index in [0.29, 0.717) is 31.6 Å². The molecule has 1 fully saturated rings. The number of hydrogen-bond acceptors (Lipinski definition) is 4. The zero-order valence-electron chi connectivity index (χ0n) is 11.3. The van der Waals surface area contributed by atoms with Gasteiger partial charge in [0.15, 0.2) is 0 Å². The number of nitrogens with zero attached hydrogens (tertiary/aromatic N) is 1. The first-order chi connectivity index (χ1) is 9.77. The number of anilines is 1. The lowest BCUT2D eigenvalue weighted by molar-refractivity contribution is -0.138. The van der Waals surface area contributed by atoms with Crippen molar-refractivity contribution >= 4 is 21.7 Å². The van der Waals surface area contributed by atoms with Crippen LogP contribution < -0.4 is 10.0 Å². The van der Waals surface area contributed by atoms with E-state index in [1.54, 1.807) is 4.90 Å². The number of rotatable bonds is 4. The van der Waals surface area contributed by atoms with Gasteiger partial charge in [-0.05, 0) is 37.0 Å². The summed E-state index contributed by atoms with van der Waals surface area (Å²) in [5.41, 5.74) is 0.316. The summed E-state index contributed by atoms with van der Waals surface area (Å²) in [6.45, 7) is 1.09. The second-order valence-corrected chi connectivity index (χ2v) is 6.75. The standard InChI is InChI=1S/C13H17FN2O4S/c14-11-8-10(21(15,19)20)1-2-12(11)16-5-3-9(4-6-16)7-13(17)18/h1-2,8-9H,3-7H2,(H,17,18)(H2,15,19,20). The summed E-state index contributed by atoms with van der Waals surface area (Å²) in [6, 6.07) is 3.58. The smallest absolute Gasteiger partial charge is 0.303 e. The molecule has 8 heteroatoms. The van der Waals surface area contributed by atoms with E-state index in [-0.39, 0.29) is 17.2 Å². The van der Waals surface area contributed by atoms with E-state index in [0.717, 1.165) is 6.07 Å². The van der Waals surface area contributed by atoms with E-state index in [1.165, 1.54) is 12.1 Å². The highest BCUT2D eigenvalue weighted by molar-refractivity contribution is 7.89. The summed E-state index contributed by atoms with van der Waals surface area (Å²) < 4.78 is 36.3. The van der Waals surface area contributed by atoms with E-state index in [9.17, 15) is 17.6 Å². The first-order valence-electron chi connectivity index (χ1n) is 6.56. The first kappa shape index (κ1) is 15.7. The normalized spacial score (nSPS) is 17.0. The number of aliphatic carboxylic acids is 1. The third-order valence-corrected chi connectivity index (χ3v) is 4.58. The number of benzene rings is 1. The first-order valence-corrected chi connectivity index (χ1v) is 8.11. The molecule has 0 amide bonds. The van der Waals surface area contributed by atoms with Crippen LogP contribution in [0.4, 0.5) is 10.1 Å². The van der Waals surface area contributed by atoms with Crippen molar-refractivity contribution in [2.45, 2.75) is 24.2 Å². The third kappa shape index (κ3) is 3.92. The number of hydrogen-bond donors (Lipinski definition) is 2. The Morgan fingerprint density at radius 2 is 2.00 bits per heavy atom. The highest BCUT2D eigenvalue weighted by atomic mass is 32.2. The molecule has 3 N–H and O–H groups in total. The molecule has 0 unspecified atom stereocenters. The van der Waals surface area contributed by atoms with Crippen molar-refractivity contribution in [1.82, 2.24) is 0 Å². The highest BCUT2D eigenvalue weighted by Crippen LogP contribution is 2.28. The Morgan fingerprint density at radius 1 is 1.38 bits per heavy atom. The molecule has 6 nitrogen and oxygen atoms in total.